The van der Waals surface area contributed by atoms with Gasteiger partial charge in [0.05, 0.1) is 5.56 Å². The highest BCUT2D eigenvalue weighted by Crippen LogP contribution is 2.48. The van der Waals surface area contributed by atoms with Crippen LogP contribution in [0.2, 0.25) is 0 Å². The van der Waals surface area contributed by atoms with Crippen LogP contribution in [0.4, 0.5) is 14.9 Å². The minimum absolute atomic E-state index is 0.0550. The molecule has 3 aliphatic heterocycles. The molecular weight excluding hydrogens is 433 g/mol. The van der Waals surface area contributed by atoms with Crippen molar-refractivity contribution < 1.29 is 14.0 Å². The normalized spacial score (nSPS) is 20.4. The Morgan fingerprint density at radius 2 is 1.82 bits per heavy atom. The molecule has 2 fully saturated rings. The van der Waals surface area contributed by atoms with Crippen LogP contribution in [-0.2, 0) is 5.41 Å². The molecule has 4 heterocycles. The third-order valence-corrected chi connectivity index (χ3v) is 7.83. The molecule has 1 spiro atoms. The molecule has 180 valence electrons. The lowest BCUT2D eigenvalue weighted by atomic mass is 9.74. The maximum Gasteiger partial charge on any atom is 0.323 e. The molecule has 0 radical (unpaired) electrons. The Kier molecular flexibility index (Phi) is 6.02. The number of benzene rings is 1. The summed E-state index contributed by atoms with van der Waals surface area (Å²) < 4.78 is 14.2. The molecule has 8 heteroatoms. The van der Waals surface area contributed by atoms with Crippen molar-refractivity contribution in [2.24, 2.45) is 0 Å². The summed E-state index contributed by atoms with van der Waals surface area (Å²) in [6.07, 6.45) is 7.01. The Hall–Kier alpha value is -3.00. The predicted molar refractivity (Wildman–Crippen MR) is 128 cm³/mol. The molecule has 1 aromatic carbocycles. The Balaban J connectivity index is 1.23. The van der Waals surface area contributed by atoms with E-state index in [0.717, 1.165) is 63.1 Å². The number of halogens is 1. The van der Waals surface area contributed by atoms with Gasteiger partial charge < -0.3 is 14.7 Å². The number of hydrogen-bond donors (Lipinski definition) is 0. The Morgan fingerprint density at radius 3 is 2.47 bits per heavy atom. The molecular formula is C26H32FN5O2. The van der Waals surface area contributed by atoms with Crippen molar-refractivity contribution in [1.29, 1.82) is 0 Å². The molecule has 3 amide bonds. The van der Waals surface area contributed by atoms with Crippen molar-refractivity contribution in [3.05, 3.63) is 59.7 Å². The Labute approximate surface area is 200 Å². The number of piperidine rings is 2. The highest BCUT2D eigenvalue weighted by molar-refractivity contribution is 5.95. The Morgan fingerprint density at radius 1 is 1.09 bits per heavy atom. The highest BCUT2D eigenvalue weighted by Gasteiger charge is 2.47. The van der Waals surface area contributed by atoms with E-state index in [9.17, 15) is 14.0 Å². The molecule has 0 aliphatic carbocycles. The number of likely N-dealkylation sites (tertiary alicyclic amines) is 2. The highest BCUT2D eigenvalue weighted by atomic mass is 19.1. The molecule has 2 saturated heterocycles. The molecule has 1 aromatic heterocycles. The van der Waals surface area contributed by atoms with Crippen LogP contribution in [0.15, 0.2) is 42.7 Å². The van der Waals surface area contributed by atoms with Gasteiger partial charge in [-0.1, -0.05) is 0 Å². The zero-order valence-corrected chi connectivity index (χ0v) is 19.9. The fourth-order valence-electron chi connectivity index (χ4n) is 5.90. The molecule has 0 saturated carbocycles. The van der Waals surface area contributed by atoms with E-state index in [1.54, 1.807) is 49.6 Å². The molecule has 5 rings (SSSR count). The van der Waals surface area contributed by atoms with Gasteiger partial charge in [-0.15, -0.1) is 0 Å². The average molecular weight is 466 g/mol. The third kappa shape index (κ3) is 4.04. The Bertz CT molecular complexity index is 1060. The van der Waals surface area contributed by atoms with E-state index in [4.69, 9.17) is 0 Å². The minimum atomic E-state index is -0.245. The number of anilines is 1. The lowest BCUT2D eigenvalue weighted by molar-refractivity contribution is 0.0530. The van der Waals surface area contributed by atoms with Gasteiger partial charge in [0.1, 0.15) is 5.82 Å². The first-order valence-corrected chi connectivity index (χ1v) is 12.1. The van der Waals surface area contributed by atoms with E-state index >= 15 is 0 Å². The van der Waals surface area contributed by atoms with Crippen LogP contribution >= 0.6 is 0 Å². The monoisotopic (exact) mass is 465 g/mol. The molecule has 34 heavy (non-hydrogen) atoms. The topological polar surface area (TPSA) is 60.0 Å². The van der Waals surface area contributed by atoms with Crippen LogP contribution in [-0.4, -0.2) is 84.5 Å². The average Bonchev–Trinajstić information content (AvgIpc) is 3.17. The second kappa shape index (κ2) is 8.98. The van der Waals surface area contributed by atoms with Crippen LogP contribution in [0, 0.1) is 5.82 Å². The van der Waals surface area contributed by atoms with E-state index in [-0.39, 0.29) is 23.2 Å². The van der Waals surface area contributed by atoms with Crippen molar-refractivity contribution in [2.75, 3.05) is 51.7 Å². The standard InChI is InChI=1S/C26H32FN5O2/c1-29(2)25(34)32-18-26(22-16-20(27)5-6-23(22)32)9-14-30(15-10-26)21-7-12-31(13-8-21)24(33)19-4-3-11-28-17-19/h3-6,11,16-17,21H,7-10,12-15,18H2,1-2H3. The number of amides is 3. The van der Waals surface area contributed by atoms with E-state index < -0.39 is 0 Å². The first kappa shape index (κ1) is 22.8. The summed E-state index contributed by atoms with van der Waals surface area (Å²) in [5.41, 5.74) is 2.26. The molecule has 7 nitrogen and oxygen atoms in total. The molecule has 2 aromatic rings. The van der Waals surface area contributed by atoms with Crippen molar-refractivity contribution in [3.63, 3.8) is 0 Å². The number of nitrogens with zero attached hydrogens (tertiary/aromatic N) is 5. The van der Waals surface area contributed by atoms with Gasteiger partial charge in [-0.3, -0.25) is 14.7 Å². The number of rotatable bonds is 2. The zero-order valence-electron chi connectivity index (χ0n) is 19.9. The third-order valence-electron chi connectivity index (χ3n) is 7.83. The van der Waals surface area contributed by atoms with Gasteiger partial charge in [0, 0.05) is 63.3 Å². The quantitative estimate of drug-likeness (QED) is 0.683. The van der Waals surface area contributed by atoms with Gasteiger partial charge in [0.15, 0.2) is 0 Å². The first-order valence-electron chi connectivity index (χ1n) is 12.1. The number of urea groups is 1. The number of hydrogen-bond acceptors (Lipinski definition) is 4. The van der Waals surface area contributed by atoms with Gasteiger partial charge in [-0.25, -0.2) is 9.18 Å². The summed E-state index contributed by atoms with van der Waals surface area (Å²) in [5, 5.41) is 0. The van der Waals surface area contributed by atoms with Crippen LogP contribution in [0.25, 0.3) is 0 Å². The zero-order chi connectivity index (χ0) is 23.9. The van der Waals surface area contributed by atoms with Crippen LogP contribution in [0.3, 0.4) is 0 Å². The summed E-state index contributed by atoms with van der Waals surface area (Å²) >= 11 is 0. The SMILES string of the molecule is CN(C)C(=O)N1CC2(CCN(C3CCN(C(=O)c4cccnc4)CC3)CC2)c2cc(F)ccc21. The number of fused-ring (bicyclic) bond motifs is 2. The van der Waals surface area contributed by atoms with Crippen molar-refractivity contribution >= 4 is 17.6 Å². The van der Waals surface area contributed by atoms with Crippen LogP contribution in [0.5, 0.6) is 0 Å². The van der Waals surface area contributed by atoms with E-state index in [1.807, 2.05) is 15.9 Å². The summed E-state index contributed by atoms with van der Waals surface area (Å²) in [7, 11) is 3.51. The largest absolute Gasteiger partial charge is 0.338 e. The van der Waals surface area contributed by atoms with E-state index in [0.29, 0.717) is 18.2 Å². The smallest absolute Gasteiger partial charge is 0.323 e. The fourth-order valence-corrected chi connectivity index (χ4v) is 5.90. The molecule has 0 bridgehead atoms. The van der Waals surface area contributed by atoms with Crippen LogP contribution in [0.1, 0.15) is 41.6 Å². The fraction of sp³-hybridized carbons (Fsp3) is 0.500. The van der Waals surface area contributed by atoms with E-state index in [1.165, 1.54) is 6.07 Å². The number of aromatic nitrogens is 1. The summed E-state index contributed by atoms with van der Waals surface area (Å²) in [5.74, 6) is -0.190. The van der Waals surface area contributed by atoms with Gasteiger partial charge in [0.2, 0.25) is 0 Å². The van der Waals surface area contributed by atoms with Crippen molar-refractivity contribution in [1.82, 2.24) is 19.7 Å². The van der Waals surface area contributed by atoms with Gasteiger partial charge in [0.25, 0.3) is 5.91 Å². The van der Waals surface area contributed by atoms with Gasteiger partial charge in [-0.2, -0.15) is 0 Å². The van der Waals surface area contributed by atoms with E-state index in [2.05, 4.69) is 9.88 Å². The molecule has 0 atom stereocenters. The van der Waals surface area contributed by atoms with Gasteiger partial charge in [-0.05, 0) is 74.7 Å². The summed E-state index contributed by atoms with van der Waals surface area (Å²) in [6, 6.07) is 8.84. The summed E-state index contributed by atoms with van der Waals surface area (Å²) in [6.45, 7) is 3.94. The van der Waals surface area contributed by atoms with Gasteiger partial charge >= 0.3 is 6.03 Å². The maximum atomic E-state index is 14.2. The lowest BCUT2D eigenvalue weighted by Gasteiger charge is -2.45. The number of carbonyl (C=O) groups excluding carboxylic acids is 2. The van der Waals surface area contributed by atoms with Crippen molar-refractivity contribution in [3.8, 4) is 0 Å². The first-order chi connectivity index (χ1) is 16.4. The second-order valence-corrected chi connectivity index (χ2v) is 10.0. The lowest BCUT2D eigenvalue weighted by Crippen LogP contribution is -2.52. The second-order valence-electron chi connectivity index (χ2n) is 10.0. The number of pyridine rings is 1. The molecule has 3 aliphatic rings. The number of carbonyl (C=O) groups is 2. The summed E-state index contributed by atoms with van der Waals surface area (Å²) in [4.78, 5) is 37.5. The van der Waals surface area contributed by atoms with Crippen LogP contribution < -0.4 is 4.90 Å². The predicted octanol–water partition coefficient (Wildman–Crippen LogP) is 3.36. The maximum absolute atomic E-state index is 14.2. The minimum Gasteiger partial charge on any atom is -0.338 e. The molecule has 0 unspecified atom stereocenters. The van der Waals surface area contributed by atoms with Crippen molar-refractivity contribution in [2.45, 2.75) is 37.1 Å². The molecule has 0 N–H and O–H groups in total.